The number of nitrogens with one attached hydrogen (secondary N) is 1. The number of aromatic nitrogens is 8. The smallest absolute Gasteiger partial charge is 0.206 e. The molecule has 34 heavy (non-hydrogen) atoms. The van der Waals surface area contributed by atoms with Crippen LogP contribution in [-0.2, 0) is 19.4 Å². The summed E-state index contributed by atoms with van der Waals surface area (Å²) < 4.78 is 2.06. The van der Waals surface area contributed by atoms with Gasteiger partial charge in [-0.1, -0.05) is 67.9 Å². The molecule has 5 rings (SSSR count). The van der Waals surface area contributed by atoms with E-state index in [2.05, 4.69) is 85.7 Å². The van der Waals surface area contributed by atoms with Crippen LogP contribution in [0.3, 0.4) is 0 Å². The van der Waals surface area contributed by atoms with Crippen molar-refractivity contribution in [3.8, 4) is 22.5 Å². The summed E-state index contributed by atoms with van der Waals surface area (Å²) in [6, 6.07) is 20.8. The highest BCUT2D eigenvalue weighted by molar-refractivity contribution is 5.79. The lowest BCUT2D eigenvalue weighted by atomic mass is 10.00. The third-order valence-electron chi connectivity index (χ3n) is 5.76. The van der Waals surface area contributed by atoms with Gasteiger partial charge in [0.05, 0.1) is 6.54 Å². The second kappa shape index (κ2) is 10.2. The Bertz CT molecular complexity index is 1330. The maximum atomic E-state index is 4.87. The van der Waals surface area contributed by atoms with Gasteiger partial charge in [0.1, 0.15) is 5.82 Å². The Morgan fingerprint density at radius 2 is 1.76 bits per heavy atom. The third kappa shape index (κ3) is 4.91. The van der Waals surface area contributed by atoms with Gasteiger partial charge >= 0.3 is 0 Å². The van der Waals surface area contributed by atoms with Crippen LogP contribution in [0.4, 0.5) is 0 Å². The number of rotatable bonds is 9. The van der Waals surface area contributed by atoms with Crippen LogP contribution < -0.4 is 0 Å². The summed E-state index contributed by atoms with van der Waals surface area (Å²) in [5.74, 6) is 2.45. The molecule has 0 bridgehead atoms. The molecule has 0 aliphatic carbocycles. The quantitative estimate of drug-likeness (QED) is 0.355. The molecule has 0 fully saturated rings. The van der Waals surface area contributed by atoms with Gasteiger partial charge in [0.15, 0.2) is 5.82 Å². The molecule has 0 unspecified atom stereocenters. The molecule has 0 amide bonds. The fourth-order valence-corrected chi connectivity index (χ4v) is 3.99. The fraction of sp³-hybridized carbons (Fsp3) is 0.231. The molecule has 0 radical (unpaired) electrons. The molecule has 0 aliphatic heterocycles. The predicted octanol–water partition coefficient (Wildman–Crippen LogP) is 4.50. The third-order valence-corrected chi connectivity index (χ3v) is 5.76. The lowest BCUT2D eigenvalue weighted by Gasteiger charge is -2.09. The zero-order chi connectivity index (χ0) is 23.2. The van der Waals surface area contributed by atoms with E-state index in [1.54, 1.807) is 12.4 Å². The monoisotopic (exact) mass is 450 g/mol. The summed E-state index contributed by atoms with van der Waals surface area (Å²) in [6.45, 7) is 2.89. The van der Waals surface area contributed by atoms with Gasteiger partial charge in [0.25, 0.3) is 0 Å². The number of unbranched alkanes of at least 4 members (excludes halogenated alkanes) is 1. The van der Waals surface area contributed by atoms with Crippen molar-refractivity contribution in [1.82, 2.24) is 40.4 Å². The Hall–Kier alpha value is -4.20. The maximum absolute atomic E-state index is 4.87. The van der Waals surface area contributed by atoms with E-state index < -0.39 is 0 Å². The molecule has 0 saturated carbocycles. The molecule has 8 heteroatoms. The summed E-state index contributed by atoms with van der Waals surface area (Å²) in [5, 5.41) is 19.2. The number of H-pyrrole nitrogens is 1. The number of hydrogen-bond donors (Lipinski definition) is 1. The molecule has 170 valence electrons. The summed E-state index contributed by atoms with van der Waals surface area (Å²) in [7, 11) is 0. The summed E-state index contributed by atoms with van der Waals surface area (Å²) in [4.78, 5) is 9.09. The summed E-state index contributed by atoms with van der Waals surface area (Å²) in [5.41, 5.74) is 5.32. The van der Waals surface area contributed by atoms with E-state index in [-0.39, 0.29) is 0 Å². The van der Waals surface area contributed by atoms with Crippen molar-refractivity contribution < 1.29 is 0 Å². The number of nitrogens with zero attached hydrogens (tertiary/aromatic N) is 7. The fourth-order valence-electron chi connectivity index (χ4n) is 3.99. The van der Waals surface area contributed by atoms with Gasteiger partial charge in [0, 0.05) is 30.8 Å². The first-order valence-corrected chi connectivity index (χ1v) is 11.5. The number of tetrazole rings is 1. The van der Waals surface area contributed by atoms with E-state index in [4.69, 9.17) is 10.1 Å². The first-order chi connectivity index (χ1) is 16.8. The highest BCUT2D eigenvalue weighted by Crippen LogP contribution is 2.29. The first-order valence-electron chi connectivity index (χ1n) is 11.5. The van der Waals surface area contributed by atoms with Crippen LogP contribution in [0.2, 0.25) is 0 Å². The van der Waals surface area contributed by atoms with Crippen LogP contribution in [0.5, 0.6) is 0 Å². The molecule has 0 saturated heterocycles. The minimum atomic E-state index is 0.529. The van der Waals surface area contributed by atoms with Gasteiger partial charge < -0.3 is 0 Å². The van der Waals surface area contributed by atoms with Crippen LogP contribution >= 0.6 is 0 Å². The highest BCUT2D eigenvalue weighted by Gasteiger charge is 2.13. The first kappa shape index (κ1) is 21.6. The van der Waals surface area contributed by atoms with Crippen molar-refractivity contribution in [3.05, 3.63) is 95.8 Å². The van der Waals surface area contributed by atoms with E-state index >= 15 is 0 Å². The van der Waals surface area contributed by atoms with Crippen LogP contribution in [0, 0.1) is 0 Å². The lowest BCUT2D eigenvalue weighted by Crippen LogP contribution is -2.07. The molecule has 0 spiro atoms. The van der Waals surface area contributed by atoms with Gasteiger partial charge in [-0.2, -0.15) is 10.3 Å². The van der Waals surface area contributed by atoms with Crippen molar-refractivity contribution in [1.29, 1.82) is 0 Å². The molecule has 0 aliphatic rings. The molecule has 8 nitrogen and oxygen atoms in total. The van der Waals surface area contributed by atoms with Gasteiger partial charge in [-0.25, -0.2) is 9.67 Å². The maximum Gasteiger partial charge on any atom is 0.206 e. The average Bonchev–Trinajstić information content (AvgIpc) is 3.54. The second-order valence-corrected chi connectivity index (χ2v) is 8.22. The Morgan fingerprint density at radius 1 is 0.912 bits per heavy atom. The Balaban J connectivity index is 1.38. The number of pyridine rings is 1. The molecule has 2 aromatic carbocycles. The van der Waals surface area contributed by atoms with Crippen LogP contribution in [0.15, 0.2) is 73.1 Å². The zero-order valence-electron chi connectivity index (χ0n) is 19.1. The van der Waals surface area contributed by atoms with Gasteiger partial charge in [0.2, 0.25) is 5.82 Å². The molecular weight excluding hydrogens is 424 g/mol. The largest absolute Gasteiger partial charge is 0.264 e. The van der Waals surface area contributed by atoms with Crippen LogP contribution in [0.25, 0.3) is 22.5 Å². The van der Waals surface area contributed by atoms with Gasteiger partial charge in [-0.3, -0.25) is 4.98 Å². The SMILES string of the molecule is CCCCc1nc(Cc2ccccc2)nn1Cc1ccc(-c2ccncc2-c2nn[nH]n2)cc1. The van der Waals surface area contributed by atoms with Crippen molar-refractivity contribution in [2.24, 2.45) is 0 Å². The highest BCUT2D eigenvalue weighted by atomic mass is 15.5. The van der Waals surface area contributed by atoms with E-state index in [0.717, 1.165) is 54.0 Å². The van der Waals surface area contributed by atoms with Crippen molar-refractivity contribution in [2.75, 3.05) is 0 Å². The Labute approximate surface area is 198 Å². The van der Waals surface area contributed by atoms with E-state index in [0.29, 0.717) is 12.4 Å². The second-order valence-electron chi connectivity index (χ2n) is 8.22. The Kier molecular flexibility index (Phi) is 6.47. The lowest BCUT2D eigenvalue weighted by molar-refractivity contribution is 0.615. The van der Waals surface area contributed by atoms with Crippen molar-refractivity contribution >= 4 is 0 Å². The standard InChI is InChI=1S/C26H26N8/c1-2-3-9-25-28-24(16-19-7-5-4-6-8-19)31-34(25)18-20-10-12-21(13-11-20)22-14-15-27-17-23(22)26-29-32-33-30-26/h4-8,10-15,17H,2-3,9,16,18H2,1H3,(H,29,30,32,33). The molecule has 5 aromatic rings. The van der Waals surface area contributed by atoms with Crippen molar-refractivity contribution in [3.63, 3.8) is 0 Å². The molecule has 0 atom stereocenters. The molecular formula is C26H26N8. The number of aromatic amines is 1. The van der Waals surface area contributed by atoms with Crippen LogP contribution in [-0.4, -0.2) is 40.4 Å². The van der Waals surface area contributed by atoms with Gasteiger partial charge in [-0.05, 0) is 40.0 Å². The zero-order valence-corrected chi connectivity index (χ0v) is 19.1. The molecule has 1 N–H and O–H groups in total. The summed E-state index contributed by atoms with van der Waals surface area (Å²) in [6.07, 6.45) is 7.44. The molecule has 3 aromatic heterocycles. The van der Waals surface area contributed by atoms with E-state index in [1.165, 1.54) is 11.1 Å². The normalized spacial score (nSPS) is 11.1. The number of hydrogen-bond acceptors (Lipinski definition) is 6. The number of benzene rings is 2. The topological polar surface area (TPSA) is 98.1 Å². The van der Waals surface area contributed by atoms with E-state index in [1.807, 2.05) is 12.1 Å². The van der Waals surface area contributed by atoms with Crippen LogP contribution in [0.1, 0.15) is 42.5 Å². The van der Waals surface area contributed by atoms with Gasteiger partial charge in [-0.15, -0.1) is 10.2 Å². The minimum absolute atomic E-state index is 0.529. The molecule has 3 heterocycles. The summed E-state index contributed by atoms with van der Waals surface area (Å²) >= 11 is 0. The Morgan fingerprint density at radius 3 is 2.53 bits per heavy atom. The number of aryl methyl sites for hydroxylation is 1. The minimum Gasteiger partial charge on any atom is -0.264 e. The predicted molar refractivity (Wildman–Crippen MR) is 130 cm³/mol. The van der Waals surface area contributed by atoms with Crippen molar-refractivity contribution in [2.45, 2.75) is 39.2 Å². The average molecular weight is 451 g/mol. The van der Waals surface area contributed by atoms with E-state index in [9.17, 15) is 0 Å².